The van der Waals surface area contributed by atoms with Gasteiger partial charge in [-0.25, -0.2) is 18.4 Å². The minimum absolute atomic E-state index is 0.0368. The molecular weight excluding hydrogens is 546 g/mol. The Hall–Kier alpha value is -3.81. The molecule has 1 N–H and O–H groups in total. The van der Waals surface area contributed by atoms with Crippen molar-refractivity contribution >= 4 is 40.1 Å². The number of anilines is 1. The van der Waals surface area contributed by atoms with Crippen molar-refractivity contribution in [2.45, 2.75) is 32.1 Å². The number of methoxy groups -OCH3 is 3. The topological polar surface area (TPSA) is 142 Å². The number of aliphatic imine (C=N–C) groups is 2. The number of nitrogens with zero attached hydrogens (tertiary/aromatic N) is 6. The molecule has 39 heavy (non-hydrogen) atoms. The van der Waals surface area contributed by atoms with Crippen LogP contribution >= 0.6 is 11.6 Å². The minimum Gasteiger partial charge on any atom is -0.494 e. The van der Waals surface area contributed by atoms with Gasteiger partial charge in [-0.05, 0) is 51.3 Å². The fraction of sp³-hybridized carbons (Fsp3) is 0.320. The average Bonchev–Trinajstić information content (AvgIpc) is 3.32. The van der Waals surface area contributed by atoms with Gasteiger partial charge in [-0.1, -0.05) is 17.7 Å². The van der Waals surface area contributed by atoms with Crippen molar-refractivity contribution in [1.82, 2.24) is 19.7 Å². The van der Waals surface area contributed by atoms with Gasteiger partial charge in [0, 0.05) is 36.3 Å². The van der Waals surface area contributed by atoms with Crippen LogP contribution in [0.4, 0.5) is 5.95 Å². The zero-order valence-corrected chi connectivity index (χ0v) is 24.0. The Morgan fingerprint density at radius 1 is 1.18 bits per heavy atom. The summed E-state index contributed by atoms with van der Waals surface area (Å²) in [5.74, 6) is 1.02. The summed E-state index contributed by atoms with van der Waals surface area (Å²) in [7, 11) is 0.148. The molecule has 2 atom stereocenters. The third-order valence-corrected chi connectivity index (χ3v) is 7.41. The Balaban J connectivity index is 2.19. The maximum atomic E-state index is 13.6. The van der Waals surface area contributed by atoms with Gasteiger partial charge in [0.1, 0.15) is 28.5 Å². The van der Waals surface area contributed by atoms with Crippen molar-refractivity contribution in [2.24, 2.45) is 9.98 Å². The van der Waals surface area contributed by atoms with Gasteiger partial charge < -0.3 is 14.2 Å². The number of halogens is 1. The monoisotopic (exact) mass is 575 g/mol. The molecule has 208 valence electrons. The largest absolute Gasteiger partial charge is 0.494 e. The number of ether oxygens (including phenoxy) is 3. The van der Waals surface area contributed by atoms with Gasteiger partial charge in [0.15, 0.2) is 11.7 Å². The number of nitrogens with one attached hydrogen (secondary N) is 1. The zero-order valence-electron chi connectivity index (χ0n) is 22.4. The molecule has 0 spiro atoms. The second-order valence-electron chi connectivity index (χ2n) is 8.31. The Kier molecular flexibility index (Phi) is 9.78. The summed E-state index contributed by atoms with van der Waals surface area (Å²) >= 11 is 5.87. The number of aromatic nitrogens is 4. The van der Waals surface area contributed by atoms with Gasteiger partial charge in [-0.2, -0.15) is 0 Å². The molecule has 1 aromatic carbocycles. The molecule has 0 bridgehead atoms. The van der Waals surface area contributed by atoms with E-state index in [1.54, 1.807) is 37.5 Å². The maximum absolute atomic E-state index is 13.6. The lowest BCUT2D eigenvalue weighted by atomic mass is 10.2. The SMILES string of the molecule is C=NC(=N/C=C(\C)Cl)[C@@H](OC)[C@H](C)S(=O)(=O)Nc1nnc(-c2cncc(C)c2)n1-c1c(OC)cccc1OC. The van der Waals surface area contributed by atoms with Crippen LogP contribution in [0.5, 0.6) is 11.5 Å². The van der Waals surface area contributed by atoms with Crippen LogP contribution in [0.2, 0.25) is 0 Å². The quantitative estimate of drug-likeness (QED) is 0.267. The predicted molar refractivity (Wildman–Crippen MR) is 152 cm³/mol. The van der Waals surface area contributed by atoms with Crippen LogP contribution in [0.1, 0.15) is 19.4 Å². The van der Waals surface area contributed by atoms with E-state index >= 15 is 0 Å². The molecule has 0 saturated heterocycles. The van der Waals surface area contributed by atoms with Crippen LogP contribution in [0.25, 0.3) is 17.1 Å². The highest BCUT2D eigenvalue weighted by Crippen LogP contribution is 2.37. The molecule has 0 fully saturated rings. The number of benzene rings is 1. The van der Waals surface area contributed by atoms with Crippen molar-refractivity contribution in [3.05, 3.63) is 53.5 Å². The van der Waals surface area contributed by atoms with Crippen molar-refractivity contribution in [1.29, 1.82) is 0 Å². The summed E-state index contributed by atoms with van der Waals surface area (Å²) in [6.45, 7) is 8.43. The highest BCUT2D eigenvalue weighted by atomic mass is 35.5. The maximum Gasteiger partial charge on any atom is 0.243 e. The summed E-state index contributed by atoms with van der Waals surface area (Å²) in [6.07, 6.45) is 3.54. The number of para-hydroxylation sites is 1. The molecule has 0 aliphatic carbocycles. The highest BCUT2D eigenvalue weighted by molar-refractivity contribution is 7.93. The van der Waals surface area contributed by atoms with Crippen LogP contribution in [0.15, 0.2) is 57.9 Å². The van der Waals surface area contributed by atoms with Gasteiger partial charge in [0.2, 0.25) is 16.0 Å². The summed E-state index contributed by atoms with van der Waals surface area (Å²) in [4.78, 5) is 12.2. The number of amidine groups is 1. The van der Waals surface area contributed by atoms with E-state index in [2.05, 4.69) is 36.6 Å². The standard InChI is InChI=1S/C25H30ClN7O5S/c1-15-11-18(14-28-12-15)24-30-31-25(33(24)21-19(36-5)9-8-10-20(21)37-6)32-39(34,35)17(3)22(38-7)23(27-4)29-13-16(2)26/h8-14,17,22H,4H2,1-3,5-7H3,(H,31,32)/b16-13+,29-23?/t17-,22-/m0/s1. The third-order valence-electron chi connectivity index (χ3n) is 5.62. The molecule has 0 amide bonds. The van der Waals surface area contributed by atoms with E-state index in [0.29, 0.717) is 33.6 Å². The van der Waals surface area contributed by atoms with Crippen molar-refractivity contribution in [2.75, 3.05) is 26.1 Å². The van der Waals surface area contributed by atoms with E-state index in [0.717, 1.165) is 5.56 Å². The lowest BCUT2D eigenvalue weighted by Gasteiger charge is -2.23. The van der Waals surface area contributed by atoms with Crippen LogP contribution in [0.3, 0.4) is 0 Å². The number of hydrogen-bond acceptors (Lipinski definition) is 9. The van der Waals surface area contributed by atoms with Crippen LogP contribution < -0.4 is 14.2 Å². The van der Waals surface area contributed by atoms with Gasteiger partial charge in [-0.3, -0.25) is 14.3 Å². The summed E-state index contributed by atoms with van der Waals surface area (Å²) in [6, 6.07) is 7.02. The van der Waals surface area contributed by atoms with Crippen LogP contribution in [0, 0.1) is 6.92 Å². The zero-order chi connectivity index (χ0) is 28.7. The first-order valence-electron chi connectivity index (χ1n) is 11.6. The highest BCUT2D eigenvalue weighted by Gasteiger charge is 2.35. The van der Waals surface area contributed by atoms with E-state index in [4.69, 9.17) is 25.8 Å². The number of aryl methyl sites for hydroxylation is 1. The van der Waals surface area contributed by atoms with E-state index in [1.807, 2.05) is 13.0 Å². The van der Waals surface area contributed by atoms with Gasteiger partial charge in [0.05, 0.1) is 14.2 Å². The molecule has 0 aliphatic heterocycles. The van der Waals surface area contributed by atoms with Crippen molar-refractivity contribution in [3.63, 3.8) is 0 Å². The number of hydrogen-bond donors (Lipinski definition) is 1. The molecule has 0 aliphatic rings. The lowest BCUT2D eigenvalue weighted by molar-refractivity contribution is 0.154. The summed E-state index contributed by atoms with van der Waals surface area (Å²) in [5.41, 5.74) is 1.85. The molecule has 2 aromatic heterocycles. The first kappa shape index (κ1) is 29.7. The molecule has 12 nitrogen and oxygen atoms in total. The second kappa shape index (κ2) is 12.8. The molecule has 14 heteroatoms. The Bertz CT molecular complexity index is 1480. The van der Waals surface area contributed by atoms with Crippen LogP contribution in [-0.4, -0.2) is 73.4 Å². The first-order chi connectivity index (χ1) is 18.6. The first-order valence-corrected chi connectivity index (χ1v) is 13.5. The van der Waals surface area contributed by atoms with E-state index < -0.39 is 21.4 Å². The molecule has 0 saturated carbocycles. The second-order valence-corrected chi connectivity index (χ2v) is 10.9. The number of pyridine rings is 1. The molecule has 2 heterocycles. The fourth-order valence-corrected chi connectivity index (χ4v) is 4.91. The molecule has 0 unspecified atom stereocenters. The number of allylic oxidation sites excluding steroid dienone is 1. The molecule has 0 radical (unpaired) electrons. The molecule has 3 aromatic rings. The van der Waals surface area contributed by atoms with Gasteiger partial charge >= 0.3 is 0 Å². The van der Waals surface area contributed by atoms with Gasteiger partial charge in [-0.15, -0.1) is 10.2 Å². The fourth-order valence-electron chi connectivity index (χ4n) is 3.73. The predicted octanol–water partition coefficient (Wildman–Crippen LogP) is 4.00. The smallest absolute Gasteiger partial charge is 0.243 e. The van der Waals surface area contributed by atoms with Gasteiger partial charge in [0.25, 0.3) is 0 Å². The van der Waals surface area contributed by atoms with Crippen LogP contribution in [-0.2, 0) is 14.8 Å². The van der Waals surface area contributed by atoms with Crippen molar-refractivity contribution < 1.29 is 22.6 Å². The number of sulfonamides is 1. The van der Waals surface area contributed by atoms with E-state index in [-0.39, 0.29) is 11.8 Å². The lowest BCUT2D eigenvalue weighted by Crippen LogP contribution is -2.41. The normalized spacial score (nSPS) is 14.0. The Morgan fingerprint density at radius 3 is 2.38 bits per heavy atom. The summed E-state index contributed by atoms with van der Waals surface area (Å²) in [5, 5.41) is 7.65. The molecular formula is C25H30ClN7O5S. The number of rotatable bonds is 11. The Labute approximate surface area is 232 Å². The minimum atomic E-state index is -4.18. The third kappa shape index (κ3) is 6.61. The summed E-state index contributed by atoms with van der Waals surface area (Å²) < 4.78 is 48.0. The molecule has 3 rings (SSSR count). The van der Waals surface area contributed by atoms with E-state index in [1.165, 1.54) is 39.0 Å². The van der Waals surface area contributed by atoms with Crippen molar-refractivity contribution in [3.8, 4) is 28.6 Å². The van der Waals surface area contributed by atoms with E-state index in [9.17, 15) is 8.42 Å². The average molecular weight is 576 g/mol. The Morgan fingerprint density at radius 2 is 1.85 bits per heavy atom.